The molecule has 0 radical (unpaired) electrons. The standard InChI is InChI=1S/C31H43N7O2/c1-10-35(9)26-14-15-27(22(5)20-26)37(25(8)39)31(36(11-2)12-3)24(7)33-38-30(31)32-29(34-38)17-18-40-28-16-13-21(4)19-23(28)6/h13-16,19-20H,10-12,17-18H2,1-9H3. The Balaban J connectivity index is 1.75. The van der Waals surface area contributed by atoms with E-state index in [1.54, 1.807) is 11.7 Å². The van der Waals surface area contributed by atoms with E-state index in [0.29, 0.717) is 37.8 Å². The monoisotopic (exact) mass is 545 g/mol. The van der Waals surface area contributed by atoms with Crippen molar-refractivity contribution in [1.29, 1.82) is 0 Å². The van der Waals surface area contributed by atoms with Crippen molar-refractivity contribution in [2.75, 3.05) is 43.1 Å². The fourth-order valence-electron chi connectivity index (χ4n) is 5.66. The van der Waals surface area contributed by atoms with E-state index in [4.69, 9.17) is 19.9 Å². The second kappa shape index (κ2) is 11.8. The van der Waals surface area contributed by atoms with Crippen LogP contribution in [0.4, 0.5) is 11.4 Å². The second-order valence-corrected chi connectivity index (χ2v) is 10.5. The van der Waals surface area contributed by atoms with Crippen molar-refractivity contribution in [1.82, 2.24) is 19.8 Å². The average Bonchev–Trinajstić information content (AvgIpc) is 3.42. The molecule has 1 atom stereocenters. The van der Waals surface area contributed by atoms with Crippen LogP contribution < -0.4 is 14.5 Å². The minimum absolute atomic E-state index is 0.0858. The zero-order valence-corrected chi connectivity index (χ0v) is 25.4. The molecule has 1 unspecified atom stereocenters. The first-order chi connectivity index (χ1) is 19.1. The minimum Gasteiger partial charge on any atom is -0.493 e. The van der Waals surface area contributed by atoms with Crippen molar-refractivity contribution in [3.05, 3.63) is 64.7 Å². The van der Waals surface area contributed by atoms with Crippen LogP contribution in [0, 0.1) is 20.8 Å². The number of nitrogens with zero attached hydrogens (tertiary/aromatic N) is 7. The molecule has 0 fully saturated rings. The van der Waals surface area contributed by atoms with Crippen LogP contribution in [0.5, 0.6) is 5.75 Å². The number of rotatable bonds is 11. The van der Waals surface area contributed by atoms with E-state index >= 15 is 0 Å². The Labute approximate surface area is 238 Å². The van der Waals surface area contributed by atoms with E-state index in [1.807, 2.05) is 36.9 Å². The largest absolute Gasteiger partial charge is 0.493 e. The Kier molecular flexibility index (Phi) is 8.63. The van der Waals surface area contributed by atoms with Crippen molar-refractivity contribution in [2.24, 2.45) is 5.10 Å². The highest BCUT2D eigenvalue weighted by Crippen LogP contribution is 2.42. The lowest BCUT2D eigenvalue weighted by molar-refractivity contribution is -0.118. The molecule has 1 aliphatic heterocycles. The molecule has 1 aromatic heterocycles. The number of aryl methyl sites for hydroxylation is 3. The van der Waals surface area contributed by atoms with Gasteiger partial charge in [-0.25, -0.2) is 4.98 Å². The Morgan fingerprint density at radius 1 is 0.975 bits per heavy atom. The molecule has 0 aliphatic carbocycles. The maximum Gasteiger partial charge on any atom is 0.226 e. The van der Waals surface area contributed by atoms with Gasteiger partial charge in [-0.05, 0) is 83.1 Å². The molecule has 1 aliphatic rings. The van der Waals surface area contributed by atoms with Crippen molar-refractivity contribution in [2.45, 2.75) is 67.5 Å². The van der Waals surface area contributed by atoms with Gasteiger partial charge in [-0.15, -0.1) is 9.89 Å². The third-order valence-corrected chi connectivity index (χ3v) is 7.81. The summed E-state index contributed by atoms with van der Waals surface area (Å²) in [7, 11) is 2.07. The van der Waals surface area contributed by atoms with Crippen LogP contribution in [-0.4, -0.2) is 64.7 Å². The number of aromatic nitrogens is 3. The lowest BCUT2D eigenvalue weighted by Gasteiger charge is -2.47. The van der Waals surface area contributed by atoms with Crippen molar-refractivity contribution in [3.63, 3.8) is 0 Å². The highest BCUT2D eigenvalue weighted by molar-refractivity contribution is 6.06. The lowest BCUT2D eigenvalue weighted by Crippen LogP contribution is -2.63. The van der Waals surface area contributed by atoms with Gasteiger partial charge in [0.1, 0.15) is 5.75 Å². The molecule has 0 spiro atoms. The van der Waals surface area contributed by atoms with Gasteiger partial charge in [0.05, 0.1) is 12.3 Å². The molecule has 2 aromatic carbocycles. The van der Waals surface area contributed by atoms with E-state index in [2.05, 4.69) is 69.7 Å². The molecule has 214 valence electrons. The molecule has 1 amide bonds. The quantitative estimate of drug-likeness (QED) is 0.313. The fourth-order valence-corrected chi connectivity index (χ4v) is 5.66. The Hall–Kier alpha value is -3.72. The maximum absolute atomic E-state index is 13.6. The molecular formula is C31H43N7O2. The molecular weight excluding hydrogens is 502 g/mol. The Morgan fingerprint density at radius 2 is 1.70 bits per heavy atom. The number of amides is 1. The first-order valence-electron chi connectivity index (χ1n) is 14.2. The number of carbonyl (C=O) groups excluding carboxylic acids is 1. The van der Waals surface area contributed by atoms with Crippen molar-refractivity contribution in [3.8, 4) is 5.75 Å². The fraction of sp³-hybridized carbons (Fsp3) is 0.484. The smallest absolute Gasteiger partial charge is 0.226 e. The molecule has 0 N–H and O–H groups in total. The van der Waals surface area contributed by atoms with Crippen LogP contribution in [0.15, 0.2) is 41.5 Å². The highest BCUT2D eigenvalue weighted by atomic mass is 16.5. The van der Waals surface area contributed by atoms with Gasteiger partial charge in [0, 0.05) is 38.3 Å². The summed E-state index contributed by atoms with van der Waals surface area (Å²) < 4.78 is 6.07. The predicted molar refractivity (Wildman–Crippen MR) is 162 cm³/mol. The van der Waals surface area contributed by atoms with E-state index < -0.39 is 5.66 Å². The van der Waals surface area contributed by atoms with Gasteiger partial charge in [-0.2, -0.15) is 5.10 Å². The van der Waals surface area contributed by atoms with Crippen LogP contribution in [-0.2, 0) is 16.9 Å². The molecule has 4 rings (SSSR count). The molecule has 40 heavy (non-hydrogen) atoms. The summed E-state index contributed by atoms with van der Waals surface area (Å²) in [6, 6.07) is 12.4. The first kappa shape index (κ1) is 29.3. The molecule has 9 nitrogen and oxygen atoms in total. The normalized spacial score (nSPS) is 16.2. The third kappa shape index (κ3) is 5.10. The van der Waals surface area contributed by atoms with Crippen LogP contribution >= 0.6 is 0 Å². The summed E-state index contributed by atoms with van der Waals surface area (Å²) in [5.41, 5.74) is 5.01. The Bertz CT molecular complexity index is 1410. The van der Waals surface area contributed by atoms with Gasteiger partial charge in [-0.3, -0.25) is 14.6 Å². The molecule has 2 heterocycles. The number of carbonyl (C=O) groups is 1. The topological polar surface area (TPSA) is 79.1 Å². The summed E-state index contributed by atoms with van der Waals surface area (Å²) in [5, 5.41) is 9.55. The first-order valence-corrected chi connectivity index (χ1v) is 14.2. The van der Waals surface area contributed by atoms with E-state index in [1.165, 1.54) is 5.56 Å². The lowest BCUT2D eigenvalue weighted by atomic mass is 9.96. The zero-order chi connectivity index (χ0) is 29.2. The molecule has 0 bridgehead atoms. The van der Waals surface area contributed by atoms with E-state index in [0.717, 1.165) is 40.5 Å². The maximum atomic E-state index is 13.6. The number of hydrogen-bond acceptors (Lipinski definition) is 7. The molecule has 3 aromatic rings. The van der Waals surface area contributed by atoms with Crippen LogP contribution in [0.1, 0.15) is 63.0 Å². The number of benzene rings is 2. The van der Waals surface area contributed by atoms with E-state index in [-0.39, 0.29) is 5.91 Å². The summed E-state index contributed by atoms with van der Waals surface area (Å²) in [6.07, 6.45) is 0.521. The van der Waals surface area contributed by atoms with Gasteiger partial charge >= 0.3 is 0 Å². The summed E-state index contributed by atoms with van der Waals surface area (Å²) in [4.78, 5) is 26.5. The van der Waals surface area contributed by atoms with Gasteiger partial charge in [-0.1, -0.05) is 31.5 Å². The average molecular weight is 546 g/mol. The number of hydrogen-bond donors (Lipinski definition) is 0. The summed E-state index contributed by atoms with van der Waals surface area (Å²) in [5.74, 6) is 2.03. The summed E-state index contributed by atoms with van der Waals surface area (Å²) >= 11 is 0. The number of ether oxygens (including phenoxy) is 1. The summed E-state index contributed by atoms with van der Waals surface area (Å²) in [6.45, 7) is 18.8. The second-order valence-electron chi connectivity index (χ2n) is 10.5. The predicted octanol–water partition coefficient (Wildman–Crippen LogP) is 5.07. The molecule has 0 saturated carbocycles. The zero-order valence-electron chi connectivity index (χ0n) is 25.4. The van der Waals surface area contributed by atoms with Gasteiger partial charge < -0.3 is 9.64 Å². The highest BCUT2D eigenvalue weighted by Gasteiger charge is 2.55. The molecule has 0 saturated heterocycles. The van der Waals surface area contributed by atoms with Crippen LogP contribution in [0.3, 0.4) is 0 Å². The van der Waals surface area contributed by atoms with Crippen LogP contribution in [0.25, 0.3) is 0 Å². The number of fused-ring (bicyclic) bond motifs is 1. The van der Waals surface area contributed by atoms with Gasteiger partial charge in [0.25, 0.3) is 0 Å². The SMILES string of the molecule is CCN(C)c1ccc(N(C(C)=O)C2(N(CC)CC)C(C)=Nn3nc(CCOc4ccc(C)cc4C)nc32)c(C)c1. The van der Waals surface area contributed by atoms with E-state index in [9.17, 15) is 4.79 Å². The van der Waals surface area contributed by atoms with Crippen LogP contribution in [0.2, 0.25) is 0 Å². The minimum atomic E-state index is -1.00. The van der Waals surface area contributed by atoms with Gasteiger partial charge in [0.2, 0.25) is 17.4 Å². The van der Waals surface area contributed by atoms with Gasteiger partial charge in [0.15, 0.2) is 5.82 Å². The number of anilines is 2. The van der Waals surface area contributed by atoms with Crippen molar-refractivity contribution < 1.29 is 9.53 Å². The molecule has 9 heteroatoms. The third-order valence-electron chi connectivity index (χ3n) is 7.81. The van der Waals surface area contributed by atoms with Crippen molar-refractivity contribution >= 4 is 23.0 Å². The Morgan fingerprint density at radius 3 is 2.30 bits per heavy atom.